The maximum atomic E-state index is 12.7. The molecule has 2 atom stereocenters. The molecule has 1 aromatic carbocycles. The highest BCUT2D eigenvalue weighted by molar-refractivity contribution is 6.21. The van der Waals surface area contributed by atoms with Gasteiger partial charge in [-0.15, -0.1) is 11.6 Å². The Labute approximate surface area is 117 Å². The van der Waals surface area contributed by atoms with Crippen molar-refractivity contribution < 1.29 is 26.3 Å². The van der Waals surface area contributed by atoms with Crippen LogP contribution in [-0.2, 0) is 12.4 Å². The SMILES string of the molecule is CCC(Cl)C(C)c1cc(C(F)(F)F)cc(C(F)(F)F)c1. The summed E-state index contributed by atoms with van der Waals surface area (Å²) in [6.45, 7) is 3.23. The first-order chi connectivity index (χ1) is 8.96. The van der Waals surface area contributed by atoms with Crippen LogP contribution in [0.25, 0.3) is 0 Å². The summed E-state index contributed by atoms with van der Waals surface area (Å²) in [6, 6.07) is 1.57. The molecule has 0 amide bonds. The molecular formula is C13H13ClF6. The Hall–Kier alpha value is -0.910. The molecule has 1 aromatic rings. The van der Waals surface area contributed by atoms with Crippen molar-refractivity contribution >= 4 is 11.6 Å². The van der Waals surface area contributed by atoms with Crippen LogP contribution in [0.1, 0.15) is 42.9 Å². The second-order valence-corrected chi connectivity index (χ2v) is 5.11. The van der Waals surface area contributed by atoms with E-state index in [4.69, 9.17) is 11.6 Å². The van der Waals surface area contributed by atoms with E-state index in [1.54, 1.807) is 6.92 Å². The molecule has 0 aliphatic rings. The zero-order chi connectivity index (χ0) is 15.7. The highest BCUT2D eigenvalue weighted by atomic mass is 35.5. The fourth-order valence-electron chi connectivity index (χ4n) is 1.80. The van der Waals surface area contributed by atoms with Gasteiger partial charge in [-0.05, 0) is 36.1 Å². The van der Waals surface area contributed by atoms with Crippen molar-refractivity contribution in [1.82, 2.24) is 0 Å². The first kappa shape index (κ1) is 17.1. The summed E-state index contributed by atoms with van der Waals surface area (Å²) in [5.74, 6) is -0.606. The van der Waals surface area contributed by atoms with E-state index in [0.717, 1.165) is 12.1 Å². The lowest BCUT2D eigenvalue weighted by atomic mass is 9.92. The van der Waals surface area contributed by atoms with E-state index < -0.39 is 34.8 Å². The van der Waals surface area contributed by atoms with Gasteiger partial charge in [0, 0.05) is 5.38 Å². The maximum Gasteiger partial charge on any atom is 0.416 e. The smallest absolute Gasteiger partial charge is 0.166 e. The second-order valence-electron chi connectivity index (χ2n) is 4.55. The van der Waals surface area contributed by atoms with Crippen molar-refractivity contribution in [2.75, 3.05) is 0 Å². The quantitative estimate of drug-likeness (QED) is 0.485. The molecule has 20 heavy (non-hydrogen) atoms. The van der Waals surface area contributed by atoms with E-state index in [-0.39, 0.29) is 11.6 Å². The summed E-state index contributed by atoms with van der Waals surface area (Å²) in [4.78, 5) is 0. The molecule has 0 heterocycles. The Morgan fingerprint density at radius 1 is 0.950 bits per heavy atom. The Balaban J connectivity index is 3.38. The molecule has 0 aliphatic heterocycles. The maximum absolute atomic E-state index is 12.7. The first-order valence-electron chi connectivity index (χ1n) is 5.90. The molecule has 7 heteroatoms. The third-order valence-electron chi connectivity index (χ3n) is 3.07. The van der Waals surface area contributed by atoms with E-state index >= 15 is 0 Å². The molecule has 0 N–H and O–H groups in total. The van der Waals surface area contributed by atoms with Gasteiger partial charge in [0.15, 0.2) is 0 Å². The van der Waals surface area contributed by atoms with Gasteiger partial charge in [-0.2, -0.15) is 26.3 Å². The van der Waals surface area contributed by atoms with Crippen molar-refractivity contribution in [2.24, 2.45) is 0 Å². The van der Waals surface area contributed by atoms with E-state index in [2.05, 4.69) is 0 Å². The fraction of sp³-hybridized carbons (Fsp3) is 0.538. The average molecular weight is 319 g/mol. The fourth-order valence-corrected chi connectivity index (χ4v) is 1.95. The zero-order valence-corrected chi connectivity index (χ0v) is 11.5. The highest BCUT2D eigenvalue weighted by Crippen LogP contribution is 2.38. The molecule has 0 nitrogen and oxygen atoms in total. The number of benzene rings is 1. The van der Waals surface area contributed by atoms with Crippen LogP contribution in [0.2, 0.25) is 0 Å². The Morgan fingerprint density at radius 2 is 1.35 bits per heavy atom. The van der Waals surface area contributed by atoms with Crippen LogP contribution in [0, 0.1) is 0 Å². The number of halogens is 7. The lowest BCUT2D eigenvalue weighted by Gasteiger charge is -2.20. The van der Waals surface area contributed by atoms with Crippen molar-refractivity contribution in [1.29, 1.82) is 0 Å². The largest absolute Gasteiger partial charge is 0.416 e. The van der Waals surface area contributed by atoms with Gasteiger partial charge in [0.25, 0.3) is 0 Å². The average Bonchev–Trinajstić information content (AvgIpc) is 2.34. The summed E-state index contributed by atoms with van der Waals surface area (Å²) in [6.07, 6.45) is -9.21. The van der Waals surface area contributed by atoms with E-state index in [9.17, 15) is 26.3 Å². The minimum atomic E-state index is -4.83. The Bertz CT molecular complexity index is 431. The van der Waals surface area contributed by atoms with Crippen LogP contribution in [0.4, 0.5) is 26.3 Å². The molecule has 0 radical (unpaired) electrons. The molecule has 0 bridgehead atoms. The van der Waals surface area contributed by atoms with Gasteiger partial charge >= 0.3 is 12.4 Å². The van der Waals surface area contributed by atoms with Gasteiger partial charge < -0.3 is 0 Å². The first-order valence-corrected chi connectivity index (χ1v) is 6.34. The Morgan fingerprint density at radius 3 is 1.65 bits per heavy atom. The van der Waals surface area contributed by atoms with Crippen LogP contribution < -0.4 is 0 Å². The predicted octanol–water partition coefficient (Wildman–Crippen LogP) is 5.85. The molecule has 0 aromatic heterocycles. The summed E-state index contributed by atoms with van der Waals surface area (Å²) < 4.78 is 76.1. The summed E-state index contributed by atoms with van der Waals surface area (Å²) in [5.41, 5.74) is -2.68. The molecule has 1 rings (SSSR count). The lowest BCUT2D eigenvalue weighted by Crippen LogP contribution is -2.15. The minimum Gasteiger partial charge on any atom is -0.166 e. The molecule has 0 saturated carbocycles. The molecule has 114 valence electrons. The van der Waals surface area contributed by atoms with Gasteiger partial charge in [-0.25, -0.2) is 0 Å². The topological polar surface area (TPSA) is 0 Å². The molecule has 0 spiro atoms. The molecule has 2 unspecified atom stereocenters. The lowest BCUT2D eigenvalue weighted by molar-refractivity contribution is -0.143. The number of hydrogen-bond donors (Lipinski definition) is 0. The predicted molar refractivity (Wildman–Crippen MR) is 64.8 cm³/mol. The number of hydrogen-bond acceptors (Lipinski definition) is 0. The summed E-state index contributed by atoms with van der Waals surface area (Å²) >= 11 is 5.92. The van der Waals surface area contributed by atoms with Gasteiger partial charge in [-0.3, -0.25) is 0 Å². The molecule has 0 aliphatic carbocycles. The van der Waals surface area contributed by atoms with E-state index in [0.29, 0.717) is 6.42 Å². The second kappa shape index (κ2) is 5.84. The molecule has 0 saturated heterocycles. The Kier molecular flexibility index (Phi) is 5.00. The summed E-state index contributed by atoms with van der Waals surface area (Å²) in [7, 11) is 0. The van der Waals surface area contributed by atoms with Gasteiger partial charge in [0.05, 0.1) is 11.1 Å². The number of alkyl halides is 7. The van der Waals surface area contributed by atoms with Crippen molar-refractivity contribution in [3.05, 3.63) is 34.9 Å². The van der Waals surface area contributed by atoms with E-state index in [1.807, 2.05) is 0 Å². The summed E-state index contributed by atoms with van der Waals surface area (Å²) in [5, 5.41) is -0.528. The normalized spacial score (nSPS) is 16.1. The molecule has 0 fully saturated rings. The van der Waals surface area contributed by atoms with Crippen LogP contribution in [0.15, 0.2) is 18.2 Å². The molecular weight excluding hydrogens is 306 g/mol. The third kappa shape index (κ3) is 4.04. The van der Waals surface area contributed by atoms with Gasteiger partial charge in [0.1, 0.15) is 0 Å². The van der Waals surface area contributed by atoms with Gasteiger partial charge in [0.2, 0.25) is 0 Å². The van der Waals surface area contributed by atoms with Crippen LogP contribution in [0.5, 0.6) is 0 Å². The van der Waals surface area contributed by atoms with Crippen molar-refractivity contribution in [2.45, 2.75) is 43.9 Å². The van der Waals surface area contributed by atoms with Gasteiger partial charge in [-0.1, -0.05) is 13.8 Å². The van der Waals surface area contributed by atoms with Crippen molar-refractivity contribution in [3.8, 4) is 0 Å². The van der Waals surface area contributed by atoms with Crippen LogP contribution >= 0.6 is 11.6 Å². The standard InChI is InChI=1S/C13H13ClF6/c1-3-11(14)7(2)8-4-9(12(15,16)17)6-10(5-8)13(18,19)20/h4-7,11H,3H2,1-2H3. The number of rotatable bonds is 3. The van der Waals surface area contributed by atoms with E-state index in [1.165, 1.54) is 6.92 Å². The van der Waals surface area contributed by atoms with Crippen LogP contribution in [-0.4, -0.2) is 5.38 Å². The highest BCUT2D eigenvalue weighted by Gasteiger charge is 2.37. The monoisotopic (exact) mass is 318 g/mol. The zero-order valence-electron chi connectivity index (χ0n) is 10.7. The third-order valence-corrected chi connectivity index (χ3v) is 3.75. The van der Waals surface area contributed by atoms with Crippen LogP contribution in [0.3, 0.4) is 0 Å². The minimum absolute atomic E-state index is 0.0611. The van der Waals surface area contributed by atoms with Crippen molar-refractivity contribution in [3.63, 3.8) is 0 Å².